The number of likely N-dealkylation sites (N-methyl/N-ethyl adjacent to an activating group) is 1. The van der Waals surface area contributed by atoms with E-state index in [1.54, 1.807) is 6.07 Å². The summed E-state index contributed by atoms with van der Waals surface area (Å²) in [4.78, 5) is 18.2. The van der Waals surface area contributed by atoms with Crippen LogP contribution in [0.15, 0.2) is 66.7 Å². The molecule has 3 heterocycles. The van der Waals surface area contributed by atoms with Gasteiger partial charge in [0.25, 0.3) is 5.91 Å². The lowest BCUT2D eigenvalue weighted by Crippen LogP contribution is -3.00. The average Bonchev–Trinajstić information content (AvgIpc) is 3.54. The minimum atomic E-state index is -0.251. The van der Waals surface area contributed by atoms with Crippen molar-refractivity contribution in [2.75, 3.05) is 53.4 Å². The number of hydrogen-bond donors (Lipinski definition) is 2. The SMILES string of the molecule is C[C@H]1CN(Cc2cccc(-c3cc(CNC(=O)c4cccc(CN5CCC6(CCC[N+]6(C)C)C5)c4)ccc3F)c2)CCN1.I.[I-]. The van der Waals surface area contributed by atoms with Crippen LogP contribution >= 0.6 is 24.0 Å². The summed E-state index contributed by atoms with van der Waals surface area (Å²) in [6.07, 6.45) is 3.87. The van der Waals surface area contributed by atoms with Crippen molar-refractivity contribution in [1.82, 2.24) is 20.4 Å². The molecule has 3 aliphatic rings. The van der Waals surface area contributed by atoms with Crippen LogP contribution in [0.1, 0.15) is 53.2 Å². The Balaban J connectivity index is 0.00000230. The third kappa shape index (κ3) is 8.45. The zero-order chi connectivity index (χ0) is 30.0. The molecule has 2 N–H and O–H groups in total. The summed E-state index contributed by atoms with van der Waals surface area (Å²) >= 11 is 0. The number of benzene rings is 3. The van der Waals surface area contributed by atoms with E-state index < -0.39 is 0 Å². The number of carbonyl (C=O) groups excluding carboxylic acids is 1. The van der Waals surface area contributed by atoms with E-state index in [0.717, 1.165) is 61.4 Å². The van der Waals surface area contributed by atoms with Crippen molar-refractivity contribution < 1.29 is 37.6 Å². The quantitative estimate of drug-likeness (QED) is 0.271. The number of carbonyl (C=O) groups is 1. The van der Waals surface area contributed by atoms with E-state index in [4.69, 9.17) is 0 Å². The summed E-state index contributed by atoms with van der Waals surface area (Å²) < 4.78 is 16.1. The number of hydrogen-bond acceptors (Lipinski definition) is 4. The highest BCUT2D eigenvalue weighted by molar-refractivity contribution is 14.0. The molecule has 3 fully saturated rings. The fourth-order valence-corrected chi connectivity index (χ4v) is 7.63. The van der Waals surface area contributed by atoms with E-state index in [2.05, 4.69) is 59.7 Å². The maximum absolute atomic E-state index is 15.0. The molecule has 244 valence electrons. The second-order valence-electron chi connectivity index (χ2n) is 13.7. The van der Waals surface area contributed by atoms with Gasteiger partial charge in [0.15, 0.2) is 0 Å². The zero-order valence-electron chi connectivity index (χ0n) is 26.8. The molecule has 0 saturated carbocycles. The molecule has 1 spiro atoms. The molecule has 0 bridgehead atoms. The number of amides is 1. The summed E-state index contributed by atoms with van der Waals surface area (Å²) in [6, 6.07) is 21.8. The van der Waals surface area contributed by atoms with Crippen LogP contribution < -0.4 is 34.6 Å². The second-order valence-corrected chi connectivity index (χ2v) is 13.7. The molecule has 3 aromatic carbocycles. The monoisotopic (exact) mass is 839 g/mol. The summed E-state index contributed by atoms with van der Waals surface area (Å²) in [5.41, 5.74) is 5.71. The van der Waals surface area contributed by atoms with Crippen molar-refractivity contribution in [2.45, 2.75) is 57.4 Å². The van der Waals surface area contributed by atoms with E-state index in [1.165, 1.54) is 43.0 Å². The zero-order valence-corrected chi connectivity index (χ0v) is 31.3. The number of rotatable bonds is 8. The molecule has 3 aromatic rings. The summed E-state index contributed by atoms with van der Waals surface area (Å²) in [5, 5.41) is 6.55. The van der Waals surface area contributed by atoms with E-state index in [1.807, 2.05) is 36.4 Å². The Morgan fingerprint density at radius 1 is 0.978 bits per heavy atom. The Morgan fingerprint density at radius 3 is 2.49 bits per heavy atom. The second kappa shape index (κ2) is 15.5. The Hall–Kier alpha value is -1.64. The lowest BCUT2D eigenvalue weighted by molar-refractivity contribution is -0.926. The van der Waals surface area contributed by atoms with Crippen molar-refractivity contribution in [3.63, 3.8) is 0 Å². The minimum absolute atomic E-state index is 0. The van der Waals surface area contributed by atoms with E-state index in [-0.39, 0.29) is 59.7 Å². The molecule has 0 radical (unpaired) electrons. The first-order valence-corrected chi connectivity index (χ1v) is 16.0. The van der Waals surface area contributed by atoms with Gasteiger partial charge in [0.2, 0.25) is 0 Å². The number of halogens is 3. The molecule has 1 amide bonds. The molecule has 3 aliphatic heterocycles. The topological polar surface area (TPSA) is 47.6 Å². The molecule has 2 atom stereocenters. The predicted molar refractivity (Wildman–Crippen MR) is 186 cm³/mol. The van der Waals surface area contributed by atoms with Gasteiger partial charge in [-0.2, -0.15) is 0 Å². The maximum atomic E-state index is 15.0. The molecule has 45 heavy (non-hydrogen) atoms. The van der Waals surface area contributed by atoms with Gasteiger partial charge in [-0.25, -0.2) is 4.39 Å². The highest BCUT2D eigenvalue weighted by Gasteiger charge is 2.53. The average molecular weight is 840 g/mol. The van der Waals surface area contributed by atoms with Gasteiger partial charge in [-0.05, 0) is 59.5 Å². The first-order chi connectivity index (χ1) is 20.7. The third-order valence-corrected chi connectivity index (χ3v) is 10.2. The highest BCUT2D eigenvalue weighted by Crippen LogP contribution is 2.41. The third-order valence-electron chi connectivity index (χ3n) is 10.2. The lowest BCUT2D eigenvalue weighted by atomic mass is 9.94. The fourth-order valence-electron chi connectivity index (χ4n) is 7.63. The van der Waals surface area contributed by atoms with E-state index >= 15 is 4.39 Å². The summed E-state index contributed by atoms with van der Waals surface area (Å²) in [7, 11) is 4.77. The van der Waals surface area contributed by atoms with Gasteiger partial charge >= 0.3 is 0 Å². The van der Waals surface area contributed by atoms with Crippen LogP contribution in [0.25, 0.3) is 11.1 Å². The Kier molecular flexibility index (Phi) is 12.5. The number of nitrogens with zero attached hydrogens (tertiary/aromatic N) is 3. The molecule has 6 rings (SSSR count). The Labute approximate surface area is 302 Å². The van der Waals surface area contributed by atoms with Gasteiger partial charge < -0.3 is 39.1 Å². The van der Waals surface area contributed by atoms with Crippen molar-refractivity contribution in [3.8, 4) is 11.1 Å². The minimum Gasteiger partial charge on any atom is -1.00 e. The van der Waals surface area contributed by atoms with Crippen LogP contribution in [0.2, 0.25) is 0 Å². The van der Waals surface area contributed by atoms with Crippen LogP contribution in [-0.2, 0) is 19.6 Å². The maximum Gasteiger partial charge on any atom is 0.251 e. The van der Waals surface area contributed by atoms with Crippen molar-refractivity contribution in [1.29, 1.82) is 0 Å². The van der Waals surface area contributed by atoms with Gasteiger partial charge in [-0.15, -0.1) is 24.0 Å². The van der Waals surface area contributed by atoms with Gasteiger partial charge in [-0.1, -0.05) is 36.4 Å². The lowest BCUT2D eigenvalue weighted by Gasteiger charge is -2.41. The Morgan fingerprint density at radius 2 is 1.73 bits per heavy atom. The summed E-state index contributed by atoms with van der Waals surface area (Å²) in [6.45, 7) is 10.8. The van der Waals surface area contributed by atoms with Gasteiger partial charge in [0.1, 0.15) is 11.4 Å². The highest BCUT2D eigenvalue weighted by atomic mass is 127. The standard InChI is InChI=1S/C36H46FN5O.2HI/c1-27-23-40(17-15-38-27)24-29-7-4-9-31(19-29)33-21-28(11-12-34(33)37)22-39-35(43)32-10-5-8-30(20-32)25-41-16-14-36(26-41)13-6-18-42(36,2)3;;/h4-5,7-12,19-21,27,38H,6,13-18,22-26H2,1-3H3;2*1H/t27-,36?;;/m0../s1. The molecular weight excluding hydrogens is 791 g/mol. The van der Waals surface area contributed by atoms with Crippen LogP contribution in [0.3, 0.4) is 0 Å². The molecule has 6 nitrogen and oxygen atoms in total. The molecule has 3 saturated heterocycles. The van der Waals surface area contributed by atoms with E-state index in [0.29, 0.717) is 29.3 Å². The van der Waals surface area contributed by atoms with Crippen LogP contribution in [0.5, 0.6) is 0 Å². The molecule has 0 aromatic heterocycles. The summed E-state index contributed by atoms with van der Waals surface area (Å²) in [5.74, 6) is -0.356. The van der Waals surface area contributed by atoms with Crippen LogP contribution in [0.4, 0.5) is 4.39 Å². The van der Waals surface area contributed by atoms with Gasteiger partial charge in [0.05, 0.1) is 27.2 Å². The van der Waals surface area contributed by atoms with Crippen LogP contribution in [-0.4, -0.2) is 85.1 Å². The first-order valence-electron chi connectivity index (χ1n) is 16.0. The van der Waals surface area contributed by atoms with Gasteiger partial charge in [-0.3, -0.25) is 14.6 Å². The van der Waals surface area contributed by atoms with Gasteiger partial charge in [0, 0.05) is 82.2 Å². The normalized spacial score (nSPS) is 23.0. The predicted octanol–water partition coefficient (Wildman–Crippen LogP) is 2.65. The Bertz CT molecular complexity index is 1470. The molecule has 1 unspecified atom stereocenters. The smallest absolute Gasteiger partial charge is 0.251 e. The van der Waals surface area contributed by atoms with Crippen molar-refractivity contribution in [2.24, 2.45) is 0 Å². The van der Waals surface area contributed by atoms with Crippen LogP contribution in [0, 0.1) is 5.82 Å². The largest absolute Gasteiger partial charge is 1.00 e. The number of nitrogens with one attached hydrogen (secondary N) is 2. The fraction of sp³-hybridized carbons (Fsp3) is 0.472. The van der Waals surface area contributed by atoms with E-state index in [9.17, 15) is 4.79 Å². The number of quaternary nitrogens is 1. The molecular formula is C36H48FI2N5O. The molecule has 0 aliphatic carbocycles. The number of likely N-dealkylation sites (tertiary alicyclic amines) is 2. The number of piperazine rings is 1. The van der Waals surface area contributed by atoms with Crippen molar-refractivity contribution in [3.05, 3.63) is 94.8 Å². The first kappa shape index (κ1) is 36.2. The van der Waals surface area contributed by atoms with Crippen molar-refractivity contribution >= 4 is 29.9 Å². The molecule has 9 heteroatoms.